The zero-order valence-corrected chi connectivity index (χ0v) is 22.7. The molecule has 148 valence electrons. The number of rotatable bonds is 6. The average Bonchev–Trinajstić information content (AvgIpc) is 2.67. The van der Waals surface area contributed by atoms with Gasteiger partial charge in [0.05, 0.1) is 8.95 Å². The summed E-state index contributed by atoms with van der Waals surface area (Å²) < 4.78 is 4.01. The Labute approximate surface area is 209 Å². The van der Waals surface area contributed by atoms with E-state index in [0.29, 0.717) is 17.9 Å². The summed E-state index contributed by atoms with van der Waals surface area (Å²) in [7, 11) is 0. The van der Waals surface area contributed by atoms with E-state index < -0.39 is 11.9 Å². The first-order valence-electron chi connectivity index (χ1n) is 6.92. The average molecular weight is 774 g/mol. The second-order valence-electron chi connectivity index (χ2n) is 4.65. The van der Waals surface area contributed by atoms with E-state index in [-0.39, 0.29) is 11.5 Å². The normalized spacial score (nSPS) is 10.6. The highest BCUT2D eigenvalue weighted by Crippen LogP contribution is 2.38. The van der Waals surface area contributed by atoms with Crippen LogP contribution in [0.4, 0.5) is 0 Å². The summed E-state index contributed by atoms with van der Waals surface area (Å²) in [6.45, 7) is 0. The molecule has 0 radical (unpaired) electrons. The third kappa shape index (κ3) is 6.56. The molecule has 0 atom stereocenters. The van der Waals surface area contributed by atoms with Crippen LogP contribution in [0.25, 0.3) is 0 Å². The summed E-state index contributed by atoms with van der Waals surface area (Å²) in [6.07, 6.45) is 1.67. The van der Waals surface area contributed by atoms with Crippen molar-refractivity contribution in [3.8, 4) is 11.5 Å². The standard InChI is InChI=1S/C16H6Br6O6/c17-7-1-3-9(15(21)13(7)19)25-27-11(23)5-6-12(24)28-26-10-4-2-8(18)14(20)16(10)22/h1-6H/b6-5+. The van der Waals surface area contributed by atoms with Gasteiger partial charge in [-0.2, -0.15) is 0 Å². The molecule has 0 bridgehead atoms. The van der Waals surface area contributed by atoms with Crippen LogP contribution in [-0.4, -0.2) is 11.9 Å². The van der Waals surface area contributed by atoms with Crippen LogP contribution >= 0.6 is 95.6 Å². The molecule has 28 heavy (non-hydrogen) atoms. The Bertz CT molecular complexity index is 870. The van der Waals surface area contributed by atoms with Gasteiger partial charge in [0, 0.05) is 30.0 Å². The van der Waals surface area contributed by atoms with Crippen LogP contribution in [0.1, 0.15) is 0 Å². The highest BCUT2D eigenvalue weighted by molar-refractivity contribution is 9.15. The lowest BCUT2D eigenvalue weighted by Crippen LogP contribution is -2.08. The zero-order valence-electron chi connectivity index (χ0n) is 13.2. The molecule has 0 spiro atoms. The van der Waals surface area contributed by atoms with Crippen LogP contribution < -0.4 is 9.78 Å². The quantitative estimate of drug-likeness (QED) is 0.134. The topological polar surface area (TPSA) is 71.1 Å². The van der Waals surface area contributed by atoms with Gasteiger partial charge in [0.15, 0.2) is 11.5 Å². The Morgan fingerprint density at radius 1 is 0.607 bits per heavy atom. The van der Waals surface area contributed by atoms with Crippen LogP contribution in [0.15, 0.2) is 63.3 Å². The lowest BCUT2D eigenvalue weighted by molar-refractivity contribution is -0.210. The molecule has 2 aromatic carbocycles. The number of hydrogen-bond acceptors (Lipinski definition) is 6. The third-order valence-corrected chi connectivity index (χ3v) is 9.45. The Hall–Kier alpha value is -0.400. The van der Waals surface area contributed by atoms with Crippen molar-refractivity contribution in [1.82, 2.24) is 0 Å². The van der Waals surface area contributed by atoms with Crippen molar-refractivity contribution >= 4 is 108 Å². The molecule has 0 N–H and O–H groups in total. The van der Waals surface area contributed by atoms with Crippen LogP contribution in [-0.2, 0) is 19.4 Å². The van der Waals surface area contributed by atoms with Gasteiger partial charge in [0.25, 0.3) is 0 Å². The Morgan fingerprint density at radius 3 is 1.32 bits per heavy atom. The lowest BCUT2D eigenvalue weighted by Gasteiger charge is -2.07. The third-order valence-electron chi connectivity index (χ3n) is 2.78. The molecule has 0 unspecified atom stereocenters. The van der Waals surface area contributed by atoms with Crippen molar-refractivity contribution in [1.29, 1.82) is 0 Å². The number of benzene rings is 2. The van der Waals surface area contributed by atoms with Crippen LogP contribution in [0.2, 0.25) is 0 Å². The minimum Gasteiger partial charge on any atom is -0.285 e. The van der Waals surface area contributed by atoms with E-state index in [0.717, 1.165) is 21.1 Å². The summed E-state index contributed by atoms with van der Waals surface area (Å²) in [5.74, 6) is -1.33. The molecule has 6 nitrogen and oxygen atoms in total. The van der Waals surface area contributed by atoms with Gasteiger partial charge in [-0.3, -0.25) is 9.78 Å². The maximum atomic E-state index is 11.7. The van der Waals surface area contributed by atoms with Crippen molar-refractivity contribution < 1.29 is 29.1 Å². The van der Waals surface area contributed by atoms with Crippen LogP contribution in [0, 0.1) is 0 Å². The van der Waals surface area contributed by atoms with Gasteiger partial charge in [0.1, 0.15) is 0 Å². The summed E-state index contributed by atoms with van der Waals surface area (Å²) in [4.78, 5) is 42.4. The Balaban J connectivity index is 1.86. The molecule has 0 aromatic heterocycles. The van der Waals surface area contributed by atoms with E-state index in [9.17, 15) is 9.59 Å². The van der Waals surface area contributed by atoms with Gasteiger partial charge < -0.3 is 0 Å². The fraction of sp³-hybridized carbons (Fsp3) is 0. The van der Waals surface area contributed by atoms with E-state index in [1.165, 1.54) is 0 Å². The minimum absolute atomic E-state index is 0.258. The second-order valence-corrected chi connectivity index (χ2v) is 9.53. The highest BCUT2D eigenvalue weighted by Gasteiger charge is 2.13. The molecule has 0 aliphatic carbocycles. The first kappa shape index (κ1) is 23.9. The predicted octanol–water partition coefficient (Wildman–Crippen LogP) is 7.19. The molecule has 0 aliphatic rings. The number of carbonyl (C=O) groups is 2. The summed E-state index contributed by atoms with van der Waals surface area (Å²) in [5, 5.41) is 0. The van der Waals surface area contributed by atoms with Crippen LogP contribution in [0.3, 0.4) is 0 Å². The molecule has 2 rings (SSSR count). The minimum atomic E-state index is -0.921. The van der Waals surface area contributed by atoms with E-state index in [1.807, 2.05) is 0 Å². The Morgan fingerprint density at radius 2 is 0.964 bits per heavy atom. The fourth-order valence-electron chi connectivity index (χ4n) is 1.51. The van der Waals surface area contributed by atoms with Gasteiger partial charge in [-0.25, -0.2) is 19.4 Å². The molecule has 0 amide bonds. The maximum absolute atomic E-state index is 11.7. The molecule has 0 aliphatic heterocycles. The summed E-state index contributed by atoms with van der Waals surface area (Å²) >= 11 is 19.9. The largest absolute Gasteiger partial charge is 0.379 e. The van der Waals surface area contributed by atoms with Crippen LogP contribution in [0.5, 0.6) is 11.5 Å². The molecular weight excluding hydrogens is 768 g/mol. The van der Waals surface area contributed by atoms with Gasteiger partial charge in [-0.05, 0) is 120 Å². The molecule has 0 saturated heterocycles. The number of hydrogen-bond donors (Lipinski definition) is 0. The fourth-order valence-corrected chi connectivity index (χ4v) is 4.18. The summed E-state index contributed by atoms with van der Waals surface area (Å²) in [5.41, 5.74) is 0. The van der Waals surface area contributed by atoms with E-state index in [4.69, 9.17) is 9.78 Å². The monoisotopic (exact) mass is 768 g/mol. The van der Waals surface area contributed by atoms with Gasteiger partial charge in [-0.1, -0.05) is 0 Å². The van der Waals surface area contributed by atoms with E-state index in [1.54, 1.807) is 24.3 Å². The number of carbonyl (C=O) groups excluding carboxylic acids is 2. The highest BCUT2D eigenvalue weighted by atomic mass is 79.9. The van der Waals surface area contributed by atoms with Crippen molar-refractivity contribution in [2.45, 2.75) is 0 Å². The molecule has 12 heteroatoms. The lowest BCUT2D eigenvalue weighted by atomic mass is 10.3. The molecule has 2 aromatic rings. The first-order valence-corrected chi connectivity index (χ1v) is 11.7. The van der Waals surface area contributed by atoms with Gasteiger partial charge in [0.2, 0.25) is 0 Å². The molecule has 0 heterocycles. The molecular formula is C16H6Br6O6. The molecule has 0 saturated carbocycles. The van der Waals surface area contributed by atoms with Crippen molar-refractivity contribution in [2.75, 3.05) is 0 Å². The number of halogens is 6. The SMILES string of the molecule is O=C(/C=C/C(=O)OOc1ccc(Br)c(Br)c1Br)OOc1ccc(Br)c(Br)c1Br. The predicted molar refractivity (Wildman–Crippen MR) is 122 cm³/mol. The van der Waals surface area contributed by atoms with E-state index >= 15 is 0 Å². The van der Waals surface area contributed by atoms with Gasteiger partial charge in [-0.15, -0.1) is 0 Å². The zero-order chi connectivity index (χ0) is 20.8. The maximum Gasteiger partial charge on any atom is 0.379 e. The summed E-state index contributed by atoms with van der Waals surface area (Å²) in [6, 6.07) is 6.54. The molecule has 0 fully saturated rings. The smallest absolute Gasteiger partial charge is 0.285 e. The van der Waals surface area contributed by atoms with E-state index in [2.05, 4.69) is 105 Å². The van der Waals surface area contributed by atoms with Crippen molar-refractivity contribution in [3.63, 3.8) is 0 Å². The van der Waals surface area contributed by atoms with Crippen molar-refractivity contribution in [2.24, 2.45) is 0 Å². The Kier molecular flexibility index (Phi) is 9.48. The van der Waals surface area contributed by atoms with Crippen molar-refractivity contribution in [3.05, 3.63) is 63.3 Å². The first-order chi connectivity index (χ1) is 13.2. The second kappa shape index (κ2) is 11.1. The van der Waals surface area contributed by atoms with Gasteiger partial charge >= 0.3 is 11.9 Å².